The van der Waals surface area contributed by atoms with Crippen LogP contribution >= 0.6 is 23.2 Å². The summed E-state index contributed by atoms with van der Waals surface area (Å²) in [6.07, 6.45) is 0. The van der Waals surface area contributed by atoms with Crippen molar-refractivity contribution in [2.75, 3.05) is 0 Å². The Balaban J connectivity index is 2.54. The fourth-order valence-corrected chi connectivity index (χ4v) is 1.73. The van der Waals surface area contributed by atoms with E-state index in [9.17, 15) is 13.6 Å². The van der Waals surface area contributed by atoms with Crippen LogP contribution in [-0.4, -0.2) is 26.5 Å². The Kier molecular flexibility index (Phi) is 3.42. The molecule has 5 nitrogen and oxygen atoms in total. The summed E-state index contributed by atoms with van der Waals surface area (Å²) in [4.78, 5) is 10.8. The standard InChI is InChI=1S/C10H5Cl2F2N3O2/c11-5-2-1-4(3-6(5)12)10(13,14)8-7(9(18)19)15-17-16-8/h1-3H,(H,18,19)(H,15,16,17). The maximum Gasteiger partial charge on any atom is 0.358 e. The molecule has 0 unspecified atom stereocenters. The number of nitrogens with zero attached hydrogens (tertiary/aromatic N) is 2. The Morgan fingerprint density at radius 3 is 2.53 bits per heavy atom. The maximum absolute atomic E-state index is 14.2. The highest BCUT2D eigenvalue weighted by Crippen LogP contribution is 2.38. The third kappa shape index (κ3) is 2.39. The predicted octanol–water partition coefficient (Wildman–Crippen LogP) is 2.95. The van der Waals surface area contributed by atoms with Gasteiger partial charge < -0.3 is 5.11 Å². The summed E-state index contributed by atoms with van der Waals surface area (Å²) in [5.74, 6) is -5.27. The Hall–Kier alpha value is -1.73. The van der Waals surface area contributed by atoms with Gasteiger partial charge in [-0.1, -0.05) is 29.3 Å². The van der Waals surface area contributed by atoms with Crippen molar-refractivity contribution in [1.29, 1.82) is 0 Å². The molecule has 0 atom stereocenters. The number of carboxylic acid groups (broad SMARTS) is 1. The van der Waals surface area contributed by atoms with Crippen LogP contribution in [-0.2, 0) is 5.92 Å². The number of rotatable bonds is 3. The fraction of sp³-hybridized carbons (Fsp3) is 0.100. The van der Waals surface area contributed by atoms with E-state index >= 15 is 0 Å². The molecule has 100 valence electrons. The van der Waals surface area contributed by atoms with E-state index in [2.05, 4.69) is 10.2 Å². The fourth-order valence-electron chi connectivity index (χ4n) is 1.43. The van der Waals surface area contributed by atoms with Gasteiger partial charge in [0.15, 0.2) is 11.4 Å². The van der Waals surface area contributed by atoms with E-state index in [1.165, 1.54) is 6.07 Å². The number of alkyl halides is 2. The first-order valence-corrected chi connectivity index (χ1v) is 5.57. The van der Waals surface area contributed by atoms with Gasteiger partial charge in [-0.3, -0.25) is 0 Å². The van der Waals surface area contributed by atoms with Crippen LogP contribution in [0, 0.1) is 0 Å². The second-order valence-corrected chi connectivity index (χ2v) is 4.34. The molecule has 1 aromatic carbocycles. The molecule has 0 spiro atoms. The van der Waals surface area contributed by atoms with Crippen LogP contribution in [0.1, 0.15) is 21.7 Å². The van der Waals surface area contributed by atoms with Gasteiger partial charge >= 0.3 is 11.9 Å². The van der Waals surface area contributed by atoms with Crippen molar-refractivity contribution in [3.05, 3.63) is 45.2 Å². The molecule has 0 aliphatic rings. The summed E-state index contributed by atoms with van der Waals surface area (Å²) in [7, 11) is 0. The number of halogens is 4. The highest BCUT2D eigenvalue weighted by atomic mass is 35.5. The molecule has 0 aliphatic carbocycles. The van der Waals surface area contributed by atoms with E-state index in [1.54, 1.807) is 0 Å². The lowest BCUT2D eigenvalue weighted by molar-refractivity contribution is 0.0346. The smallest absolute Gasteiger partial charge is 0.358 e. The van der Waals surface area contributed by atoms with Crippen molar-refractivity contribution in [1.82, 2.24) is 15.4 Å². The molecule has 2 rings (SSSR count). The van der Waals surface area contributed by atoms with Gasteiger partial charge in [0.2, 0.25) is 0 Å². The lowest BCUT2D eigenvalue weighted by Crippen LogP contribution is -2.20. The summed E-state index contributed by atoms with van der Waals surface area (Å²) >= 11 is 11.3. The van der Waals surface area contributed by atoms with E-state index < -0.39 is 28.8 Å². The zero-order valence-corrected chi connectivity index (χ0v) is 10.5. The number of aromatic carboxylic acids is 1. The minimum absolute atomic E-state index is 0.0702. The number of hydrogen-bond donors (Lipinski definition) is 2. The minimum Gasteiger partial charge on any atom is -0.476 e. The third-order valence-corrected chi connectivity index (χ3v) is 3.07. The average Bonchev–Trinajstić information content (AvgIpc) is 2.82. The number of carbonyl (C=O) groups is 1. The number of nitrogens with one attached hydrogen (secondary N) is 1. The van der Waals surface area contributed by atoms with Crippen LogP contribution in [0.5, 0.6) is 0 Å². The lowest BCUT2D eigenvalue weighted by Gasteiger charge is -2.15. The van der Waals surface area contributed by atoms with Crippen molar-refractivity contribution in [2.45, 2.75) is 5.92 Å². The summed E-state index contributed by atoms with van der Waals surface area (Å²) < 4.78 is 28.3. The molecular formula is C10H5Cl2F2N3O2. The van der Waals surface area contributed by atoms with E-state index in [1.807, 2.05) is 5.21 Å². The zero-order valence-electron chi connectivity index (χ0n) is 8.99. The predicted molar refractivity (Wildman–Crippen MR) is 62.8 cm³/mol. The Labute approximate surface area is 115 Å². The van der Waals surface area contributed by atoms with E-state index in [0.29, 0.717) is 0 Å². The summed E-state index contributed by atoms with van der Waals surface area (Å²) in [5, 5.41) is 17.0. The molecule has 0 bridgehead atoms. The largest absolute Gasteiger partial charge is 0.476 e. The Morgan fingerprint density at radius 2 is 1.95 bits per heavy atom. The van der Waals surface area contributed by atoms with E-state index in [-0.39, 0.29) is 10.0 Å². The van der Waals surface area contributed by atoms with Crippen LogP contribution in [0.25, 0.3) is 0 Å². The van der Waals surface area contributed by atoms with Gasteiger partial charge in [0.05, 0.1) is 10.0 Å². The van der Waals surface area contributed by atoms with Gasteiger partial charge in [-0.05, 0) is 12.1 Å². The van der Waals surface area contributed by atoms with Gasteiger partial charge in [-0.2, -0.15) is 19.1 Å². The van der Waals surface area contributed by atoms with Crippen LogP contribution < -0.4 is 0 Å². The van der Waals surface area contributed by atoms with Crippen LogP contribution in [0.2, 0.25) is 10.0 Å². The number of aromatic nitrogens is 3. The number of H-pyrrole nitrogens is 1. The molecule has 9 heteroatoms. The van der Waals surface area contributed by atoms with Gasteiger partial charge in [0.1, 0.15) is 0 Å². The summed E-state index contributed by atoms with van der Waals surface area (Å²) in [6, 6.07) is 3.17. The normalized spacial score (nSPS) is 11.6. The van der Waals surface area contributed by atoms with Crippen LogP contribution in [0.3, 0.4) is 0 Å². The maximum atomic E-state index is 14.2. The molecule has 0 saturated carbocycles. The monoisotopic (exact) mass is 307 g/mol. The first kappa shape index (κ1) is 13.7. The second-order valence-electron chi connectivity index (χ2n) is 3.53. The van der Waals surface area contributed by atoms with Crippen molar-refractivity contribution in [3.63, 3.8) is 0 Å². The van der Waals surface area contributed by atoms with E-state index in [0.717, 1.165) is 12.1 Å². The van der Waals surface area contributed by atoms with Crippen molar-refractivity contribution in [2.24, 2.45) is 0 Å². The second kappa shape index (κ2) is 4.75. The quantitative estimate of drug-likeness (QED) is 0.913. The van der Waals surface area contributed by atoms with Crippen molar-refractivity contribution in [3.8, 4) is 0 Å². The average molecular weight is 308 g/mol. The van der Waals surface area contributed by atoms with Gasteiger partial charge in [0, 0.05) is 5.56 Å². The third-order valence-electron chi connectivity index (χ3n) is 2.33. The van der Waals surface area contributed by atoms with Crippen LogP contribution in [0.4, 0.5) is 8.78 Å². The first-order chi connectivity index (χ1) is 8.84. The van der Waals surface area contributed by atoms with Crippen LogP contribution in [0.15, 0.2) is 18.2 Å². The molecule has 0 fully saturated rings. The highest BCUT2D eigenvalue weighted by Gasteiger charge is 2.41. The van der Waals surface area contributed by atoms with Gasteiger partial charge in [-0.25, -0.2) is 4.79 Å². The SMILES string of the molecule is O=C(O)c1n[nH]nc1C(F)(F)c1ccc(Cl)c(Cl)c1. The van der Waals surface area contributed by atoms with Gasteiger partial charge in [-0.15, -0.1) is 5.10 Å². The Bertz CT molecular complexity index is 645. The summed E-state index contributed by atoms with van der Waals surface area (Å²) in [6.45, 7) is 0. The lowest BCUT2D eigenvalue weighted by atomic mass is 10.0. The molecule has 19 heavy (non-hydrogen) atoms. The molecule has 0 amide bonds. The minimum atomic E-state index is -3.66. The molecule has 0 saturated heterocycles. The number of carboxylic acids is 1. The number of hydrogen-bond acceptors (Lipinski definition) is 3. The number of benzene rings is 1. The molecule has 2 aromatic rings. The zero-order chi connectivity index (χ0) is 14.2. The number of aromatic amines is 1. The topological polar surface area (TPSA) is 78.9 Å². The summed E-state index contributed by atoms with van der Waals surface area (Å²) in [5.41, 5.74) is -2.37. The molecule has 1 aromatic heterocycles. The Morgan fingerprint density at radius 1 is 1.26 bits per heavy atom. The van der Waals surface area contributed by atoms with Gasteiger partial charge in [0.25, 0.3) is 0 Å². The van der Waals surface area contributed by atoms with E-state index in [4.69, 9.17) is 28.3 Å². The highest BCUT2D eigenvalue weighted by molar-refractivity contribution is 6.42. The first-order valence-electron chi connectivity index (χ1n) is 4.82. The van der Waals surface area contributed by atoms with Crippen molar-refractivity contribution < 1.29 is 18.7 Å². The molecule has 1 heterocycles. The molecule has 0 radical (unpaired) electrons. The molecule has 0 aliphatic heterocycles. The molecular weight excluding hydrogens is 303 g/mol. The molecule has 2 N–H and O–H groups in total. The van der Waals surface area contributed by atoms with Crippen molar-refractivity contribution >= 4 is 29.2 Å².